The molecule has 2 aromatic rings. The summed E-state index contributed by atoms with van der Waals surface area (Å²) >= 11 is 6.95. The average molecular weight is 277 g/mol. The van der Waals surface area contributed by atoms with Crippen LogP contribution in [0, 0.1) is 6.92 Å². The Morgan fingerprint density at radius 2 is 1.82 bits per heavy atom. The summed E-state index contributed by atoms with van der Waals surface area (Å²) in [7, 11) is 0. The highest BCUT2D eigenvalue weighted by atomic mass is 35.5. The summed E-state index contributed by atoms with van der Waals surface area (Å²) in [5, 5.41) is 0.0920. The van der Waals surface area contributed by atoms with Gasteiger partial charge in [0.15, 0.2) is 0 Å². The fraction of sp³-hybridized carbons (Fsp3) is 0.167. The van der Waals surface area contributed by atoms with Crippen LogP contribution in [-0.2, 0) is 6.18 Å². The van der Waals surface area contributed by atoms with Crippen LogP contribution in [0.15, 0.2) is 30.3 Å². The number of benzene rings is 1. The van der Waals surface area contributed by atoms with Crippen molar-refractivity contribution in [2.45, 2.75) is 13.1 Å². The smallest absolute Gasteiger partial charge is 0.166 e. The summed E-state index contributed by atoms with van der Waals surface area (Å²) < 4.78 is 38.6. The van der Waals surface area contributed by atoms with Crippen LogP contribution in [0.4, 0.5) is 13.2 Å². The Kier molecular flexibility index (Phi) is 3.19. The third-order valence-corrected chi connectivity index (χ3v) is 3.56. The van der Waals surface area contributed by atoms with Crippen molar-refractivity contribution in [1.82, 2.24) is 0 Å². The van der Waals surface area contributed by atoms with Crippen molar-refractivity contribution in [2.24, 2.45) is 0 Å². The standard InChI is InChI=1S/C12H8ClF3S/c1-7-2-5-11(17-7)9-4-3-8(13)6-10(9)12(14,15)16/h2-6H,1H3. The minimum Gasteiger partial charge on any atom is -0.166 e. The molecule has 0 amide bonds. The van der Waals surface area contributed by atoms with E-state index in [0.29, 0.717) is 4.88 Å². The van der Waals surface area contributed by atoms with Crippen LogP contribution in [0.2, 0.25) is 5.02 Å². The first-order valence-electron chi connectivity index (χ1n) is 4.81. The Hall–Kier alpha value is -1.00. The summed E-state index contributed by atoms with van der Waals surface area (Å²) in [6, 6.07) is 7.34. The van der Waals surface area contributed by atoms with E-state index in [0.717, 1.165) is 10.9 Å². The molecule has 0 aliphatic heterocycles. The lowest BCUT2D eigenvalue weighted by molar-refractivity contribution is -0.137. The van der Waals surface area contributed by atoms with E-state index in [1.54, 1.807) is 12.1 Å². The van der Waals surface area contributed by atoms with E-state index in [2.05, 4.69) is 0 Å². The summed E-state index contributed by atoms with van der Waals surface area (Å²) in [6.45, 7) is 1.86. The molecular formula is C12H8ClF3S. The third-order valence-electron chi connectivity index (χ3n) is 2.29. The maximum atomic E-state index is 12.9. The largest absolute Gasteiger partial charge is 0.417 e. The first-order chi connectivity index (χ1) is 7.88. The molecule has 1 aromatic heterocycles. The fourth-order valence-corrected chi connectivity index (χ4v) is 2.62. The third kappa shape index (κ3) is 2.64. The maximum Gasteiger partial charge on any atom is 0.417 e. The minimum atomic E-state index is -4.39. The second-order valence-corrected chi connectivity index (χ2v) is 5.32. The lowest BCUT2D eigenvalue weighted by atomic mass is 10.1. The quantitative estimate of drug-likeness (QED) is 0.654. The molecule has 0 saturated carbocycles. The zero-order chi connectivity index (χ0) is 12.6. The van der Waals surface area contributed by atoms with Crippen molar-refractivity contribution < 1.29 is 13.2 Å². The highest BCUT2D eigenvalue weighted by Crippen LogP contribution is 2.40. The van der Waals surface area contributed by atoms with Crippen molar-refractivity contribution in [2.75, 3.05) is 0 Å². The maximum absolute atomic E-state index is 12.9. The molecule has 0 saturated heterocycles. The summed E-state index contributed by atoms with van der Waals surface area (Å²) in [5.74, 6) is 0. The van der Waals surface area contributed by atoms with Crippen molar-refractivity contribution in [3.8, 4) is 10.4 Å². The van der Waals surface area contributed by atoms with E-state index in [-0.39, 0.29) is 10.6 Å². The molecule has 0 fully saturated rings. The molecule has 0 radical (unpaired) electrons. The fourth-order valence-electron chi connectivity index (χ4n) is 1.55. The molecule has 0 nitrogen and oxygen atoms in total. The monoisotopic (exact) mass is 276 g/mol. The van der Waals surface area contributed by atoms with E-state index >= 15 is 0 Å². The predicted octanol–water partition coefficient (Wildman–Crippen LogP) is 5.40. The molecule has 0 spiro atoms. The van der Waals surface area contributed by atoms with Gasteiger partial charge in [0.2, 0.25) is 0 Å². The SMILES string of the molecule is Cc1ccc(-c2ccc(Cl)cc2C(F)(F)F)s1. The molecular weight excluding hydrogens is 269 g/mol. The first-order valence-corrected chi connectivity index (χ1v) is 6.01. The molecule has 5 heteroatoms. The number of hydrogen-bond acceptors (Lipinski definition) is 1. The van der Waals surface area contributed by atoms with Gasteiger partial charge < -0.3 is 0 Å². The van der Waals surface area contributed by atoms with Crippen LogP contribution in [0.1, 0.15) is 10.4 Å². The van der Waals surface area contributed by atoms with E-state index in [9.17, 15) is 13.2 Å². The van der Waals surface area contributed by atoms with Gasteiger partial charge in [0, 0.05) is 20.3 Å². The van der Waals surface area contributed by atoms with E-state index in [4.69, 9.17) is 11.6 Å². The van der Waals surface area contributed by atoms with Gasteiger partial charge in [-0.15, -0.1) is 11.3 Å². The van der Waals surface area contributed by atoms with Gasteiger partial charge in [-0.2, -0.15) is 13.2 Å². The normalized spacial score (nSPS) is 11.8. The number of halogens is 4. The Balaban J connectivity index is 2.61. The number of alkyl halides is 3. The van der Waals surface area contributed by atoms with Gasteiger partial charge in [-0.25, -0.2) is 0 Å². The zero-order valence-corrected chi connectivity index (χ0v) is 10.4. The molecule has 1 heterocycles. The molecule has 0 aliphatic rings. The molecule has 0 N–H and O–H groups in total. The van der Waals surface area contributed by atoms with Gasteiger partial charge in [-0.1, -0.05) is 17.7 Å². The Morgan fingerprint density at radius 1 is 1.12 bits per heavy atom. The predicted molar refractivity (Wildman–Crippen MR) is 64.5 cm³/mol. The van der Waals surface area contributed by atoms with E-state index in [1.165, 1.54) is 23.5 Å². The van der Waals surface area contributed by atoms with Gasteiger partial charge in [0.1, 0.15) is 0 Å². The lowest BCUT2D eigenvalue weighted by Gasteiger charge is -2.12. The van der Waals surface area contributed by atoms with Crippen LogP contribution < -0.4 is 0 Å². The van der Waals surface area contributed by atoms with Crippen LogP contribution in [0.3, 0.4) is 0 Å². The minimum absolute atomic E-state index is 0.0920. The van der Waals surface area contributed by atoms with Crippen molar-refractivity contribution in [1.29, 1.82) is 0 Å². The molecule has 90 valence electrons. The molecule has 0 aliphatic carbocycles. The number of rotatable bonds is 1. The lowest BCUT2D eigenvalue weighted by Crippen LogP contribution is -2.06. The van der Waals surface area contributed by atoms with Crippen molar-refractivity contribution in [3.05, 3.63) is 45.8 Å². The number of thiophene rings is 1. The van der Waals surface area contributed by atoms with Crippen LogP contribution in [0.25, 0.3) is 10.4 Å². The second kappa shape index (κ2) is 4.35. The second-order valence-electron chi connectivity index (χ2n) is 3.60. The van der Waals surface area contributed by atoms with E-state index in [1.807, 2.05) is 6.92 Å². The van der Waals surface area contributed by atoms with Crippen LogP contribution in [0.5, 0.6) is 0 Å². The number of hydrogen-bond donors (Lipinski definition) is 0. The van der Waals surface area contributed by atoms with Gasteiger partial charge >= 0.3 is 6.18 Å². The van der Waals surface area contributed by atoms with Gasteiger partial charge in [-0.05, 0) is 31.2 Å². The topological polar surface area (TPSA) is 0 Å². The first kappa shape index (κ1) is 12.5. The van der Waals surface area contributed by atoms with Crippen LogP contribution in [-0.4, -0.2) is 0 Å². The zero-order valence-electron chi connectivity index (χ0n) is 8.81. The van der Waals surface area contributed by atoms with E-state index < -0.39 is 11.7 Å². The molecule has 17 heavy (non-hydrogen) atoms. The van der Waals surface area contributed by atoms with Gasteiger partial charge in [-0.3, -0.25) is 0 Å². The van der Waals surface area contributed by atoms with Crippen molar-refractivity contribution in [3.63, 3.8) is 0 Å². The van der Waals surface area contributed by atoms with Gasteiger partial charge in [0.05, 0.1) is 5.56 Å². The summed E-state index contributed by atoms with van der Waals surface area (Å²) in [6.07, 6.45) is -4.39. The molecule has 1 aromatic carbocycles. The molecule has 0 bridgehead atoms. The Labute approximate surface area is 106 Å². The summed E-state index contributed by atoms with van der Waals surface area (Å²) in [4.78, 5) is 1.58. The molecule has 2 rings (SSSR count). The molecule has 0 atom stereocenters. The van der Waals surface area contributed by atoms with Gasteiger partial charge in [0.25, 0.3) is 0 Å². The Morgan fingerprint density at radius 3 is 2.35 bits per heavy atom. The molecule has 0 unspecified atom stereocenters. The average Bonchev–Trinajstić information content (AvgIpc) is 2.63. The van der Waals surface area contributed by atoms with Crippen molar-refractivity contribution >= 4 is 22.9 Å². The number of aryl methyl sites for hydroxylation is 1. The Bertz CT molecular complexity index is 543. The summed E-state index contributed by atoms with van der Waals surface area (Å²) in [5.41, 5.74) is -0.508. The highest BCUT2D eigenvalue weighted by molar-refractivity contribution is 7.15. The van der Waals surface area contributed by atoms with Crippen LogP contribution >= 0.6 is 22.9 Å². The highest BCUT2D eigenvalue weighted by Gasteiger charge is 2.34.